The molecule has 8 heteroatoms. The molecule has 0 spiro atoms. The molecule has 0 radical (unpaired) electrons. The molecule has 2 rings (SSSR count). The summed E-state index contributed by atoms with van der Waals surface area (Å²) in [6.07, 6.45) is 2.06. The maximum absolute atomic E-state index is 12.5. The summed E-state index contributed by atoms with van der Waals surface area (Å²) in [6.45, 7) is 3.25. The van der Waals surface area contributed by atoms with Gasteiger partial charge < -0.3 is 5.11 Å². The summed E-state index contributed by atoms with van der Waals surface area (Å²) < 4.78 is 28.9. The topological polar surface area (TPSA) is 101 Å². The van der Waals surface area contributed by atoms with E-state index in [0.717, 1.165) is 0 Å². The molecule has 0 unspecified atom stereocenters. The molecule has 7 nitrogen and oxygen atoms in total. The molecule has 1 fully saturated rings. The molecule has 0 aromatic carbocycles. The second kappa shape index (κ2) is 4.85. The van der Waals surface area contributed by atoms with Crippen LogP contribution in [0.1, 0.15) is 37.1 Å². The monoisotopic (exact) mass is 301 g/mol. The number of hydrogen-bond donors (Lipinski definition) is 2. The van der Waals surface area contributed by atoms with Gasteiger partial charge in [0.2, 0.25) is 10.0 Å². The average Bonchev–Trinajstić information content (AvgIpc) is 2.86. The van der Waals surface area contributed by atoms with E-state index in [4.69, 9.17) is 0 Å². The lowest BCUT2D eigenvalue weighted by atomic mass is 10.0. The van der Waals surface area contributed by atoms with Crippen molar-refractivity contribution in [3.8, 4) is 0 Å². The Hall–Kier alpha value is -1.41. The zero-order chi connectivity index (χ0) is 15.1. The van der Waals surface area contributed by atoms with Gasteiger partial charge in [-0.25, -0.2) is 8.42 Å². The molecule has 1 aromatic rings. The van der Waals surface area contributed by atoms with Crippen LogP contribution in [-0.4, -0.2) is 34.8 Å². The molecule has 0 saturated heterocycles. The van der Waals surface area contributed by atoms with E-state index in [1.807, 2.05) is 0 Å². The fraction of sp³-hybridized carbons (Fsp3) is 0.667. The maximum atomic E-state index is 12.5. The van der Waals surface area contributed by atoms with Crippen LogP contribution >= 0.6 is 0 Å². The minimum Gasteiger partial charge on any atom is -0.480 e. The van der Waals surface area contributed by atoms with Crippen LogP contribution in [0.3, 0.4) is 0 Å². The van der Waals surface area contributed by atoms with Crippen molar-refractivity contribution in [1.82, 2.24) is 14.5 Å². The van der Waals surface area contributed by atoms with Crippen molar-refractivity contribution in [2.75, 3.05) is 0 Å². The number of carboxylic acids is 1. The molecule has 1 saturated carbocycles. The molecule has 1 heterocycles. The van der Waals surface area contributed by atoms with E-state index in [1.165, 1.54) is 4.68 Å². The Morgan fingerprint density at radius 2 is 1.90 bits per heavy atom. The Bertz CT molecular complexity index is 642. The van der Waals surface area contributed by atoms with Crippen LogP contribution in [0.4, 0.5) is 0 Å². The van der Waals surface area contributed by atoms with Gasteiger partial charge in [-0.1, -0.05) is 12.8 Å². The lowest BCUT2D eigenvalue weighted by Gasteiger charge is -2.25. The van der Waals surface area contributed by atoms with E-state index >= 15 is 0 Å². The normalized spacial score (nSPS) is 18.4. The largest absolute Gasteiger partial charge is 0.480 e. The summed E-state index contributed by atoms with van der Waals surface area (Å²) in [4.78, 5) is 11.5. The molecule has 1 aromatic heterocycles. The zero-order valence-electron chi connectivity index (χ0n) is 11.8. The summed E-state index contributed by atoms with van der Waals surface area (Å²) in [5.41, 5.74) is -0.516. The van der Waals surface area contributed by atoms with Crippen molar-refractivity contribution in [1.29, 1.82) is 0 Å². The lowest BCUT2D eigenvalue weighted by molar-refractivity contribution is -0.143. The van der Waals surface area contributed by atoms with Crippen LogP contribution in [0.25, 0.3) is 0 Å². The minimum atomic E-state index is -3.90. The third-order valence-electron chi connectivity index (χ3n) is 3.91. The van der Waals surface area contributed by atoms with E-state index in [2.05, 4.69) is 9.82 Å². The molecule has 1 aliphatic rings. The highest BCUT2D eigenvalue weighted by Crippen LogP contribution is 2.32. The summed E-state index contributed by atoms with van der Waals surface area (Å²) in [7, 11) is -2.25. The fourth-order valence-corrected chi connectivity index (χ4v) is 4.65. The summed E-state index contributed by atoms with van der Waals surface area (Å²) >= 11 is 0. The Kier molecular flexibility index (Phi) is 3.64. The van der Waals surface area contributed by atoms with Crippen LogP contribution in [-0.2, 0) is 21.9 Å². The Morgan fingerprint density at radius 3 is 2.30 bits per heavy atom. The van der Waals surface area contributed by atoms with Crippen molar-refractivity contribution in [2.24, 2.45) is 7.05 Å². The molecule has 0 bridgehead atoms. The first-order valence-electron chi connectivity index (χ1n) is 6.47. The Balaban J connectivity index is 2.43. The van der Waals surface area contributed by atoms with E-state index in [-0.39, 0.29) is 4.90 Å². The van der Waals surface area contributed by atoms with E-state index in [1.54, 1.807) is 20.9 Å². The predicted molar refractivity (Wildman–Crippen MR) is 71.8 cm³/mol. The van der Waals surface area contributed by atoms with Crippen molar-refractivity contribution in [3.05, 3.63) is 11.4 Å². The number of rotatable bonds is 4. The highest BCUT2D eigenvalue weighted by molar-refractivity contribution is 7.89. The number of carbonyl (C=O) groups is 1. The Labute approximate surface area is 118 Å². The molecule has 1 aliphatic carbocycles. The van der Waals surface area contributed by atoms with Crippen molar-refractivity contribution < 1.29 is 18.3 Å². The average molecular weight is 301 g/mol. The standard InChI is InChI=1S/C12H19N3O4S/c1-8-10(9(2)15(3)13-8)20(18,19)14-12(11(16)17)6-4-5-7-12/h14H,4-7H2,1-3H3,(H,16,17). The molecule has 20 heavy (non-hydrogen) atoms. The van der Waals surface area contributed by atoms with Gasteiger partial charge in [0.05, 0.1) is 11.4 Å². The van der Waals surface area contributed by atoms with Crippen LogP contribution in [0.2, 0.25) is 0 Å². The summed E-state index contributed by atoms with van der Waals surface area (Å²) in [5, 5.41) is 13.4. The zero-order valence-corrected chi connectivity index (χ0v) is 12.6. The quantitative estimate of drug-likeness (QED) is 0.853. The van der Waals surface area contributed by atoms with E-state index < -0.39 is 21.5 Å². The van der Waals surface area contributed by atoms with Crippen LogP contribution in [0, 0.1) is 13.8 Å². The van der Waals surface area contributed by atoms with Crippen molar-refractivity contribution in [2.45, 2.75) is 50.0 Å². The minimum absolute atomic E-state index is 0.0764. The van der Waals surface area contributed by atoms with Gasteiger partial charge in [-0.05, 0) is 26.7 Å². The highest BCUT2D eigenvalue weighted by atomic mass is 32.2. The van der Waals surface area contributed by atoms with Crippen molar-refractivity contribution >= 4 is 16.0 Å². The number of sulfonamides is 1. The first-order valence-corrected chi connectivity index (χ1v) is 7.95. The first-order chi connectivity index (χ1) is 9.19. The SMILES string of the molecule is Cc1nn(C)c(C)c1S(=O)(=O)NC1(C(=O)O)CCCC1. The third kappa shape index (κ3) is 2.33. The van der Waals surface area contributed by atoms with Gasteiger partial charge in [0.15, 0.2) is 0 Å². The lowest BCUT2D eigenvalue weighted by Crippen LogP contribution is -2.52. The molecular formula is C12H19N3O4S. The van der Waals surface area contributed by atoms with Gasteiger partial charge in [0, 0.05) is 7.05 Å². The fourth-order valence-electron chi connectivity index (χ4n) is 2.79. The number of hydrogen-bond acceptors (Lipinski definition) is 4. The smallest absolute Gasteiger partial charge is 0.324 e. The van der Waals surface area contributed by atoms with Crippen molar-refractivity contribution in [3.63, 3.8) is 0 Å². The maximum Gasteiger partial charge on any atom is 0.324 e. The first kappa shape index (κ1) is 15.0. The van der Waals surface area contributed by atoms with Gasteiger partial charge in [-0.2, -0.15) is 9.82 Å². The molecule has 0 amide bonds. The number of aromatic nitrogens is 2. The number of carboxylic acid groups (broad SMARTS) is 1. The Morgan fingerprint density at radius 1 is 1.35 bits per heavy atom. The highest BCUT2D eigenvalue weighted by Gasteiger charge is 2.45. The number of aryl methyl sites for hydroxylation is 2. The molecule has 2 N–H and O–H groups in total. The van der Waals surface area contributed by atoms with Gasteiger partial charge in [0.1, 0.15) is 10.4 Å². The summed E-state index contributed by atoms with van der Waals surface area (Å²) in [5.74, 6) is -1.11. The molecule has 112 valence electrons. The number of nitrogens with one attached hydrogen (secondary N) is 1. The number of aliphatic carboxylic acids is 1. The summed E-state index contributed by atoms with van der Waals surface area (Å²) in [6, 6.07) is 0. The van der Waals surface area contributed by atoms with Crippen LogP contribution < -0.4 is 4.72 Å². The van der Waals surface area contributed by atoms with Gasteiger partial charge >= 0.3 is 5.97 Å². The predicted octanol–water partition coefficient (Wildman–Crippen LogP) is 0.713. The third-order valence-corrected chi connectivity index (χ3v) is 5.70. The van der Waals surface area contributed by atoms with E-state index in [0.29, 0.717) is 37.1 Å². The number of nitrogens with zero attached hydrogens (tertiary/aromatic N) is 2. The van der Waals surface area contributed by atoms with Gasteiger partial charge in [0.25, 0.3) is 0 Å². The van der Waals surface area contributed by atoms with Crippen LogP contribution in [0.15, 0.2) is 4.90 Å². The molecule has 0 atom stereocenters. The molecular weight excluding hydrogens is 282 g/mol. The second-order valence-electron chi connectivity index (χ2n) is 5.32. The van der Waals surface area contributed by atoms with E-state index in [9.17, 15) is 18.3 Å². The van der Waals surface area contributed by atoms with Gasteiger partial charge in [-0.3, -0.25) is 9.48 Å². The second-order valence-corrected chi connectivity index (χ2v) is 6.94. The van der Waals surface area contributed by atoms with Crippen LogP contribution in [0.5, 0.6) is 0 Å². The van der Waals surface area contributed by atoms with Gasteiger partial charge in [-0.15, -0.1) is 0 Å². The molecule has 0 aliphatic heterocycles.